The number of aliphatic hydroxyl groups excluding tert-OH is 3. The van der Waals surface area contributed by atoms with Crippen LogP contribution >= 0.6 is 0 Å². The van der Waals surface area contributed by atoms with Crippen LogP contribution < -0.4 is 0 Å². The molecule has 0 amide bonds. The van der Waals surface area contributed by atoms with Gasteiger partial charge in [-0.1, -0.05) is 108 Å². The molecule has 0 spiro atoms. The van der Waals surface area contributed by atoms with Gasteiger partial charge in [0.2, 0.25) is 13.1 Å². The standard InChI is InChI=1S/C18H33NO2Si.C17H31NO3Si.C17H34O4Si.CH3F/c1-10-13(2)17-15(21-22(8,9)18(4,5)6)11-14(3)16(20-17)12-19-7;1-9-12(2)16-14(21-22(7,8)17(3,4)5)10-13(19)15(20-16)11-18-6;1-9-12(2)17(6)15(10-13(19)14(11-18)20-17)21-22(7,8)16(3,4)5;1-2/h10,13-17H,1,11-12H2,2-6,8-9H3;9,12-16,19H,1,10-11H2,2-5,7-8H3;9,12-15,18-19H,1,10-11H2,2-8H3;1H3/t13-,14+,15-,16+,17-;12-,13+,14-,15+,16-;12-,13+,14+,15-,17-;/m000./s1/i;;;1D. The van der Waals surface area contributed by atoms with Crippen molar-refractivity contribution < 1.29 is 48.6 Å². The van der Waals surface area contributed by atoms with Crippen molar-refractivity contribution in [3.05, 3.63) is 60.8 Å². The summed E-state index contributed by atoms with van der Waals surface area (Å²) < 4.78 is 53.6. The van der Waals surface area contributed by atoms with E-state index in [1.54, 1.807) is 0 Å². The molecule has 3 aliphatic heterocycles. The Hall–Kier alpha value is -1.58. The van der Waals surface area contributed by atoms with Gasteiger partial charge in [-0.05, 0) is 73.7 Å². The lowest BCUT2D eigenvalue weighted by Gasteiger charge is -2.52. The normalized spacial score (nSPS) is 32.0. The molecular weight excluding hydrogens is 912 g/mol. The highest BCUT2D eigenvalue weighted by atomic mass is 28.4. The Bertz CT molecular complexity index is 1560. The monoisotopic (exact) mass is 1010 g/mol. The molecule has 0 aromatic carbocycles. The first kappa shape index (κ1) is 64.4. The van der Waals surface area contributed by atoms with Gasteiger partial charge >= 0.3 is 0 Å². The van der Waals surface area contributed by atoms with Crippen molar-refractivity contribution in [2.24, 2.45) is 23.7 Å². The number of hydrogen-bond donors (Lipinski definition) is 3. The third-order valence-electron chi connectivity index (χ3n) is 16.0. The molecule has 3 rings (SSSR count). The fourth-order valence-electron chi connectivity index (χ4n) is 7.66. The smallest absolute Gasteiger partial charge is 0.243 e. The van der Waals surface area contributed by atoms with E-state index in [1.165, 1.54) is 0 Å². The van der Waals surface area contributed by atoms with Crippen LogP contribution in [0, 0.1) is 36.8 Å². The molecular formula is C53H101FN2O9Si3. The summed E-state index contributed by atoms with van der Waals surface area (Å²) >= 11 is 0. The van der Waals surface area contributed by atoms with E-state index < -0.39 is 62.1 Å². The minimum absolute atomic E-state index is 0.00887. The minimum atomic E-state index is -1.99. The maximum Gasteiger partial charge on any atom is 0.243 e. The topological polar surface area (TPSA) is 125 Å². The molecule has 0 aliphatic carbocycles. The minimum Gasteiger partial charge on any atom is -0.411 e. The van der Waals surface area contributed by atoms with Gasteiger partial charge in [0.05, 0.1) is 63.5 Å². The van der Waals surface area contributed by atoms with Crippen LogP contribution in [0.3, 0.4) is 0 Å². The van der Waals surface area contributed by atoms with Gasteiger partial charge < -0.3 is 52.5 Å². The SMILES string of the molecule is C=C[C@H](C)[C@]1(C)O[C@H](CO)[C@H](O)C[C@@H]1O[Si](C)(C)C(C)(C)C.[2H]CF.[C-]#[N+]C[C@H]1O[C@@H]([C@@H](C)C=C)[C@@H](O[Si](C)(C)C(C)(C)C)C[C@H]1C.[C-]#[N+]C[C@H]1O[C@@H]([C@@H](C)C=C)[C@@H](O[Si](C)(C)C(C)(C)C)C[C@H]1O. The van der Waals surface area contributed by atoms with Crippen LogP contribution in [-0.2, 0) is 27.5 Å². The van der Waals surface area contributed by atoms with Crippen LogP contribution in [0.25, 0.3) is 9.69 Å². The van der Waals surface area contributed by atoms with E-state index in [-0.39, 0.29) is 82.6 Å². The molecule has 0 radical (unpaired) electrons. The Morgan fingerprint density at radius 2 is 1.07 bits per heavy atom. The van der Waals surface area contributed by atoms with E-state index in [9.17, 15) is 19.7 Å². The summed E-state index contributed by atoms with van der Waals surface area (Å²) in [5.41, 5.74) is -0.593. The lowest BCUT2D eigenvalue weighted by molar-refractivity contribution is -0.234. The highest BCUT2D eigenvalue weighted by Gasteiger charge is 2.52. The second-order valence-electron chi connectivity index (χ2n) is 24.2. The molecule has 0 bridgehead atoms. The Balaban J connectivity index is 0.000000975. The van der Waals surface area contributed by atoms with Crippen molar-refractivity contribution in [3.8, 4) is 0 Å². The molecule has 68 heavy (non-hydrogen) atoms. The van der Waals surface area contributed by atoms with Gasteiger partial charge in [-0.3, -0.25) is 4.39 Å². The number of nitrogens with zero attached hydrogens (tertiary/aromatic N) is 2. The molecule has 0 aromatic rings. The molecule has 396 valence electrons. The molecule has 3 N–H and O–H groups in total. The number of hydrogen-bond acceptors (Lipinski definition) is 9. The van der Waals surface area contributed by atoms with Crippen LogP contribution in [0.5, 0.6) is 0 Å². The largest absolute Gasteiger partial charge is 0.411 e. The molecule has 11 nitrogen and oxygen atoms in total. The average molecular weight is 1010 g/mol. The molecule has 15 atom stereocenters. The Labute approximate surface area is 420 Å². The molecule has 0 unspecified atom stereocenters. The van der Waals surface area contributed by atoms with Gasteiger partial charge in [0, 0.05) is 30.6 Å². The third-order valence-corrected chi connectivity index (χ3v) is 29.5. The number of ether oxygens (including phenoxy) is 3. The summed E-state index contributed by atoms with van der Waals surface area (Å²) in [6.45, 7) is 70.0. The van der Waals surface area contributed by atoms with E-state index in [1.807, 2.05) is 39.0 Å². The highest BCUT2D eigenvalue weighted by molar-refractivity contribution is 6.75. The van der Waals surface area contributed by atoms with Crippen molar-refractivity contribution in [2.45, 2.75) is 237 Å². The van der Waals surface area contributed by atoms with E-state index >= 15 is 0 Å². The summed E-state index contributed by atoms with van der Waals surface area (Å²) in [7, 11) is -6.78. The quantitative estimate of drug-likeness (QED) is 0.0835. The van der Waals surface area contributed by atoms with Crippen molar-refractivity contribution >= 4 is 25.0 Å². The van der Waals surface area contributed by atoms with Crippen LogP contribution in [0.15, 0.2) is 38.0 Å². The lowest BCUT2D eigenvalue weighted by Crippen LogP contribution is -2.62. The summed E-state index contributed by atoms with van der Waals surface area (Å²) in [5.74, 6) is 0.770. The van der Waals surface area contributed by atoms with Crippen molar-refractivity contribution in [1.29, 1.82) is 0 Å². The second-order valence-corrected chi connectivity index (χ2v) is 38.5. The second kappa shape index (κ2) is 27.5. The number of aliphatic hydroxyl groups is 3. The first-order valence-corrected chi connectivity index (χ1v) is 33.5. The van der Waals surface area contributed by atoms with Crippen LogP contribution in [-0.4, -0.2) is 134 Å². The fourth-order valence-corrected chi connectivity index (χ4v) is 11.7. The van der Waals surface area contributed by atoms with Crippen molar-refractivity contribution in [2.75, 3.05) is 26.8 Å². The summed E-state index contributed by atoms with van der Waals surface area (Å²) in [5, 5.41) is 30.4. The molecule has 3 heterocycles. The third kappa shape index (κ3) is 18.2. The predicted molar refractivity (Wildman–Crippen MR) is 287 cm³/mol. The zero-order valence-corrected chi connectivity index (χ0v) is 49.4. The fraction of sp³-hybridized carbons (Fsp3) is 0.849. The van der Waals surface area contributed by atoms with Gasteiger partial charge in [-0.25, -0.2) is 13.1 Å². The highest BCUT2D eigenvalue weighted by Crippen LogP contribution is 2.45. The van der Waals surface area contributed by atoms with Crippen LogP contribution in [0.1, 0.15) is 118 Å². The Kier molecular flexibility index (Phi) is 26.0. The molecule has 3 fully saturated rings. The lowest BCUT2D eigenvalue weighted by atomic mass is 9.79. The summed E-state index contributed by atoms with van der Waals surface area (Å²) in [6, 6.07) is 0. The van der Waals surface area contributed by atoms with E-state index in [2.05, 4.69) is 145 Å². The predicted octanol–water partition coefficient (Wildman–Crippen LogP) is 12.2. The van der Waals surface area contributed by atoms with Gasteiger partial charge in [0.25, 0.3) is 0 Å². The maximum atomic E-state index is 10.3. The maximum absolute atomic E-state index is 10.3. The van der Waals surface area contributed by atoms with E-state index in [0.717, 1.165) is 6.42 Å². The van der Waals surface area contributed by atoms with Gasteiger partial charge in [0.1, 0.15) is 12.2 Å². The van der Waals surface area contributed by atoms with Crippen molar-refractivity contribution in [1.82, 2.24) is 0 Å². The zero-order chi connectivity index (χ0) is 54.3. The van der Waals surface area contributed by atoms with Gasteiger partial charge in [0.15, 0.2) is 31.1 Å². The molecule has 3 aliphatic rings. The van der Waals surface area contributed by atoms with Crippen molar-refractivity contribution in [3.63, 3.8) is 0 Å². The van der Waals surface area contributed by atoms with Gasteiger partial charge in [-0.2, -0.15) is 0 Å². The number of rotatable bonds is 15. The molecule has 0 saturated carbocycles. The van der Waals surface area contributed by atoms with Gasteiger partial charge in [-0.15, -0.1) is 19.7 Å². The molecule has 3 saturated heterocycles. The van der Waals surface area contributed by atoms with Crippen LogP contribution in [0.2, 0.25) is 54.4 Å². The number of halogens is 1. The first-order valence-electron chi connectivity index (χ1n) is 25.5. The van der Waals surface area contributed by atoms with E-state index in [4.69, 9.17) is 42.0 Å². The molecule has 15 heteroatoms. The van der Waals surface area contributed by atoms with Crippen LogP contribution in [0.4, 0.5) is 4.39 Å². The average Bonchev–Trinajstić information content (AvgIpc) is 3.22. The summed E-state index contributed by atoms with van der Waals surface area (Å²) in [4.78, 5) is 6.91. The number of alkyl halides is 1. The Morgan fingerprint density at radius 1 is 0.706 bits per heavy atom. The first-order chi connectivity index (χ1) is 31.4. The van der Waals surface area contributed by atoms with E-state index in [0.29, 0.717) is 25.3 Å². The summed E-state index contributed by atoms with van der Waals surface area (Å²) in [6.07, 6.45) is 4.91. The Morgan fingerprint density at radius 3 is 1.44 bits per heavy atom. The molecule has 0 aromatic heterocycles. The zero-order valence-electron chi connectivity index (χ0n) is 47.4.